The molecular formula is C23H24FN3OS2. The van der Waals surface area contributed by atoms with Crippen molar-refractivity contribution in [3.05, 3.63) is 62.5 Å². The molecule has 7 heteroatoms. The van der Waals surface area contributed by atoms with E-state index in [9.17, 15) is 9.18 Å². The van der Waals surface area contributed by atoms with Crippen molar-refractivity contribution in [2.24, 2.45) is 0 Å². The van der Waals surface area contributed by atoms with Crippen molar-refractivity contribution in [2.75, 3.05) is 26.2 Å². The molecule has 3 heterocycles. The number of fused-ring (bicyclic) bond motifs is 1. The van der Waals surface area contributed by atoms with Crippen molar-refractivity contribution in [3.63, 3.8) is 0 Å². The van der Waals surface area contributed by atoms with E-state index in [1.807, 2.05) is 4.90 Å². The second-order valence-electron chi connectivity index (χ2n) is 7.98. The highest BCUT2D eigenvalue weighted by Gasteiger charge is 2.27. The van der Waals surface area contributed by atoms with Crippen LogP contribution < -0.4 is 0 Å². The van der Waals surface area contributed by atoms with Crippen LogP contribution in [-0.2, 0) is 19.4 Å². The van der Waals surface area contributed by atoms with Crippen LogP contribution in [-0.4, -0.2) is 46.9 Å². The summed E-state index contributed by atoms with van der Waals surface area (Å²) in [7, 11) is 0. The van der Waals surface area contributed by atoms with Gasteiger partial charge in [-0.05, 0) is 55.5 Å². The van der Waals surface area contributed by atoms with Crippen molar-refractivity contribution >= 4 is 28.6 Å². The molecule has 2 aromatic heterocycles. The first kappa shape index (κ1) is 19.8. The lowest BCUT2D eigenvalue weighted by Crippen LogP contribution is -2.48. The summed E-state index contributed by atoms with van der Waals surface area (Å²) in [4.78, 5) is 23.6. The first-order chi connectivity index (χ1) is 14.7. The summed E-state index contributed by atoms with van der Waals surface area (Å²) in [5.74, 6) is -0.0211. The van der Waals surface area contributed by atoms with Crippen LogP contribution in [0.2, 0.25) is 0 Å². The van der Waals surface area contributed by atoms with E-state index in [2.05, 4.69) is 15.7 Å². The Hall–Kier alpha value is -2.09. The van der Waals surface area contributed by atoms with Crippen molar-refractivity contribution in [3.8, 4) is 10.6 Å². The van der Waals surface area contributed by atoms with Gasteiger partial charge in [0, 0.05) is 53.9 Å². The second-order valence-corrected chi connectivity index (χ2v) is 9.80. The van der Waals surface area contributed by atoms with Crippen LogP contribution >= 0.6 is 22.7 Å². The maximum atomic E-state index is 13.1. The first-order valence-electron chi connectivity index (χ1n) is 10.5. The highest BCUT2D eigenvalue weighted by Crippen LogP contribution is 2.31. The Morgan fingerprint density at radius 2 is 1.77 bits per heavy atom. The van der Waals surface area contributed by atoms with Crippen LogP contribution in [0.5, 0.6) is 0 Å². The predicted molar refractivity (Wildman–Crippen MR) is 120 cm³/mol. The molecule has 0 unspecified atom stereocenters. The van der Waals surface area contributed by atoms with E-state index in [1.54, 1.807) is 34.8 Å². The lowest BCUT2D eigenvalue weighted by atomic mass is 9.95. The summed E-state index contributed by atoms with van der Waals surface area (Å²) >= 11 is 3.35. The molecule has 30 heavy (non-hydrogen) atoms. The molecule has 0 spiro atoms. The Morgan fingerprint density at radius 1 is 1.00 bits per heavy atom. The molecule has 0 bridgehead atoms. The average Bonchev–Trinajstić information content (AvgIpc) is 3.42. The molecule has 4 nitrogen and oxygen atoms in total. The molecule has 5 rings (SSSR count). The Labute approximate surface area is 184 Å². The third kappa shape index (κ3) is 4.06. The maximum absolute atomic E-state index is 13.1. The Bertz CT molecular complexity index is 1040. The molecule has 1 aliphatic heterocycles. The summed E-state index contributed by atoms with van der Waals surface area (Å²) in [6, 6.07) is 6.48. The van der Waals surface area contributed by atoms with Gasteiger partial charge in [-0.1, -0.05) is 0 Å². The Morgan fingerprint density at radius 3 is 2.57 bits per heavy atom. The van der Waals surface area contributed by atoms with E-state index in [0.717, 1.165) is 67.4 Å². The molecule has 0 radical (unpaired) electrons. The number of aryl methyl sites for hydroxylation is 1. The van der Waals surface area contributed by atoms with E-state index in [1.165, 1.54) is 35.4 Å². The van der Waals surface area contributed by atoms with Crippen LogP contribution in [0.4, 0.5) is 4.39 Å². The number of halogens is 1. The van der Waals surface area contributed by atoms with E-state index >= 15 is 0 Å². The van der Waals surface area contributed by atoms with E-state index in [0.29, 0.717) is 0 Å². The molecule has 3 aromatic rings. The Balaban J connectivity index is 1.18. The van der Waals surface area contributed by atoms with E-state index < -0.39 is 0 Å². The minimum absolute atomic E-state index is 0.210. The van der Waals surface area contributed by atoms with Gasteiger partial charge in [-0.2, -0.15) is 0 Å². The zero-order chi connectivity index (χ0) is 20.5. The largest absolute Gasteiger partial charge is 0.336 e. The number of thiazole rings is 1. The van der Waals surface area contributed by atoms with Crippen molar-refractivity contribution in [2.45, 2.75) is 32.2 Å². The van der Waals surface area contributed by atoms with Gasteiger partial charge in [0.25, 0.3) is 5.91 Å². The third-order valence-electron chi connectivity index (χ3n) is 5.98. The average molecular weight is 442 g/mol. The molecule has 1 amide bonds. The predicted octanol–water partition coefficient (Wildman–Crippen LogP) is 4.85. The second kappa shape index (κ2) is 8.57. The minimum Gasteiger partial charge on any atom is -0.336 e. The molecule has 1 aliphatic carbocycles. The summed E-state index contributed by atoms with van der Waals surface area (Å²) in [5.41, 5.74) is 4.24. The molecule has 0 N–H and O–H groups in total. The fraction of sp³-hybridized carbons (Fsp3) is 0.391. The number of hydrogen-bond donors (Lipinski definition) is 0. The fourth-order valence-electron chi connectivity index (χ4n) is 4.29. The summed E-state index contributed by atoms with van der Waals surface area (Å²) in [6.07, 6.45) is 4.64. The highest BCUT2D eigenvalue weighted by molar-refractivity contribution is 7.13. The topological polar surface area (TPSA) is 36.4 Å². The van der Waals surface area contributed by atoms with E-state index in [-0.39, 0.29) is 11.7 Å². The number of amides is 1. The van der Waals surface area contributed by atoms with Crippen molar-refractivity contribution in [1.29, 1.82) is 0 Å². The first-order valence-corrected chi connectivity index (χ1v) is 12.2. The van der Waals surface area contributed by atoms with Gasteiger partial charge in [0.05, 0.1) is 11.3 Å². The van der Waals surface area contributed by atoms with E-state index in [4.69, 9.17) is 4.98 Å². The van der Waals surface area contributed by atoms with Crippen LogP contribution in [0, 0.1) is 5.82 Å². The molecule has 1 aromatic carbocycles. The lowest BCUT2D eigenvalue weighted by molar-refractivity contribution is 0.0626. The number of hydrogen-bond acceptors (Lipinski definition) is 5. The number of thiophene rings is 1. The van der Waals surface area contributed by atoms with Gasteiger partial charge in [-0.3, -0.25) is 9.69 Å². The van der Waals surface area contributed by atoms with Gasteiger partial charge in [0.2, 0.25) is 0 Å². The number of rotatable bonds is 4. The summed E-state index contributed by atoms with van der Waals surface area (Å²) in [5, 5.41) is 5.08. The lowest BCUT2D eigenvalue weighted by Gasteiger charge is -2.34. The van der Waals surface area contributed by atoms with Gasteiger partial charge in [0.1, 0.15) is 10.8 Å². The van der Waals surface area contributed by atoms with Crippen LogP contribution in [0.15, 0.2) is 35.0 Å². The standard InChI is InChI=1S/C23H24FN3OS2/c24-17-7-5-16(6-8-17)22-25-18(14-30-22)13-26-9-11-27(12-10-26)23(28)20-15-29-21-4-2-1-3-19(20)21/h5-8,14-15H,1-4,9-13H2. The molecule has 156 valence electrons. The SMILES string of the molecule is O=C(c1csc2c1CCCC2)N1CCN(Cc2csc(-c3ccc(F)cc3)n2)CC1. The van der Waals surface area contributed by atoms with Crippen LogP contribution in [0.3, 0.4) is 0 Å². The summed E-state index contributed by atoms with van der Waals surface area (Å²) in [6.45, 7) is 4.04. The molecular weight excluding hydrogens is 417 g/mol. The summed E-state index contributed by atoms with van der Waals surface area (Å²) < 4.78 is 13.1. The number of benzene rings is 1. The van der Waals surface area contributed by atoms with Crippen LogP contribution in [0.1, 0.15) is 39.3 Å². The molecule has 0 atom stereocenters. The highest BCUT2D eigenvalue weighted by atomic mass is 32.1. The molecule has 2 aliphatic rings. The molecule has 1 fully saturated rings. The third-order valence-corrected chi connectivity index (χ3v) is 8.01. The van der Waals surface area contributed by atoms with Crippen molar-refractivity contribution < 1.29 is 9.18 Å². The van der Waals surface area contributed by atoms with Crippen LogP contribution in [0.25, 0.3) is 10.6 Å². The quantitative estimate of drug-likeness (QED) is 0.581. The number of aromatic nitrogens is 1. The fourth-order valence-corrected chi connectivity index (χ4v) is 6.22. The number of carbonyl (C=O) groups is 1. The number of nitrogens with zero attached hydrogens (tertiary/aromatic N) is 3. The van der Waals surface area contributed by atoms with Gasteiger partial charge in [-0.15, -0.1) is 22.7 Å². The Kier molecular flexibility index (Phi) is 5.67. The number of piperazine rings is 1. The smallest absolute Gasteiger partial charge is 0.255 e. The number of carbonyl (C=O) groups excluding carboxylic acids is 1. The zero-order valence-corrected chi connectivity index (χ0v) is 18.4. The zero-order valence-electron chi connectivity index (χ0n) is 16.8. The van der Waals surface area contributed by atoms with Gasteiger partial charge in [-0.25, -0.2) is 9.37 Å². The normalized spacial score (nSPS) is 17.2. The van der Waals surface area contributed by atoms with Gasteiger partial charge in [0.15, 0.2) is 0 Å². The van der Waals surface area contributed by atoms with Crippen molar-refractivity contribution in [1.82, 2.24) is 14.8 Å². The van der Waals surface area contributed by atoms with Gasteiger partial charge >= 0.3 is 0 Å². The molecule has 0 saturated carbocycles. The monoisotopic (exact) mass is 441 g/mol. The van der Waals surface area contributed by atoms with Gasteiger partial charge < -0.3 is 4.90 Å². The maximum Gasteiger partial charge on any atom is 0.255 e. The molecule has 1 saturated heterocycles. The minimum atomic E-state index is -0.231.